The highest BCUT2D eigenvalue weighted by atomic mass is 19.4. The topological polar surface area (TPSA) is 102 Å². The van der Waals surface area contributed by atoms with Gasteiger partial charge in [-0.2, -0.15) is 18.4 Å². The third kappa shape index (κ3) is 5.48. The molecule has 0 fully saturated rings. The molecule has 1 aromatic rings. The van der Waals surface area contributed by atoms with Gasteiger partial charge in [0.1, 0.15) is 0 Å². The fraction of sp³-hybridized carbons (Fsp3) is 0.214. The van der Waals surface area contributed by atoms with Crippen molar-refractivity contribution in [2.45, 2.75) is 20.0 Å². The van der Waals surface area contributed by atoms with Crippen molar-refractivity contribution in [1.29, 1.82) is 5.26 Å². The summed E-state index contributed by atoms with van der Waals surface area (Å²) in [5.41, 5.74) is 15.0. The maximum Gasteiger partial charge on any atom is 0.417 e. The van der Waals surface area contributed by atoms with Crippen LogP contribution < -0.4 is 17.2 Å². The van der Waals surface area contributed by atoms with Crippen molar-refractivity contribution in [2.24, 2.45) is 17.2 Å². The summed E-state index contributed by atoms with van der Waals surface area (Å²) >= 11 is 0. The quantitative estimate of drug-likeness (QED) is 0.730. The van der Waals surface area contributed by atoms with E-state index in [1.54, 1.807) is 0 Å². The van der Waals surface area contributed by atoms with Gasteiger partial charge in [-0.15, -0.1) is 0 Å². The highest BCUT2D eigenvalue weighted by Gasteiger charge is 2.33. The van der Waals surface area contributed by atoms with E-state index >= 15 is 0 Å². The standard InChI is InChI=1S/C12H11F3N4.C2H6/c13-12(14,15)9-2-1-7(5-8(9)6-16)10(17)3-4-11(18)19;1-2/h1-5H,17-19H2;1-2H3/b10-3-;. The van der Waals surface area contributed by atoms with Crippen LogP contribution in [0.1, 0.15) is 30.5 Å². The molecule has 7 heteroatoms. The molecule has 0 amide bonds. The largest absolute Gasteiger partial charge is 0.417 e. The Morgan fingerprint density at radius 3 is 2.14 bits per heavy atom. The summed E-state index contributed by atoms with van der Waals surface area (Å²) in [4.78, 5) is 0. The molecule has 1 rings (SSSR count). The summed E-state index contributed by atoms with van der Waals surface area (Å²) in [7, 11) is 0. The molecule has 1 aromatic carbocycles. The molecule has 0 heterocycles. The van der Waals surface area contributed by atoms with E-state index in [1.165, 1.54) is 24.3 Å². The molecule has 0 bridgehead atoms. The zero-order valence-corrected chi connectivity index (χ0v) is 11.7. The summed E-state index contributed by atoms with van der Waals surface area (Å²) in [6.45, 7) is 4.00. The van der Waals surface area contributed by atoms with Gasteiger partial charge in [0, 0.05) is 5.70 Å². The van der Waals surface area contributed by atoms with Gasteiger partial charge in [-0.25, -0.2) is 0 Å². The molecule has 0 aliphatic heterocycles. The first-order valence-electron chi connectivity index (χ1n) is 6.06. The summed E-state index contributed by atoms with van der Waals surface area (Å²) in [5.74, 6) is 0.00960. The highest BCUT2D eigenvalue weighted by molar-refractivity contribution is 5.66. The first-order chi connectivity index (χ1) is 9.75. The number of halogens is 3. The molecule has 0 radical (unpaired) electrons. The smallest absolute Gasteiger partial charge is 0.398 e. The van der Waals surface area contributed by atoms with Crippen molar-refractivity contribution in [1.82, 2.24) is 0 Å². The molecule has 0 unspecified atom stereocenters. The highest BCUT2D eigenvalue weighted by Crippen LogP contribution is 2.32. The molecule has 0 aliphatic rings. The summed E-state index contributed by atoms with van der Waals surface area (Å²) in [5, 5.41) is 8.74. The van der Waals surface area contributed by atoms with Crippen molar-refractivity contribution < 1.29 is 13.2 Å². The van der Waals surface area contributed by atoms with Crippen LogP contribution in [0.15, 0.2) is 36.2 Å². The molecule has 0 saturated carbocycles. The number of alkyl halides is 3. The molecule has 0 saturated heterocycles. The zero-order valence-electron chi connectivity index (χ0n) is 11.7. The average Bonchev–Trinajstić information content (AvgIpc) is 2.45. The van der Waals surface area contributed by atoms with E-state index in [0.717, 1.165) is 12.1 Å². The van der Waals surface area contributed by atoms with E-state index in [9.17, 15) is 13.2 Å². The van der Waals surface area contributed by atoms with Crippen LogP contribution in [-0.4, -0.2) is 0 Å². The lowest BCUT2D eigenvalue weighted by molar-refractivity contribution is -0.137. The van der Waals surface area contributed by atoms with Gasteiger partial charge in [-0.1, -0.05) is 19.9 Å². The molecular weight excluding hydrogens is 281 g/mol. The molecule has 21 heavy (non-hydrogen) atoms. The zero-order chi connectivity index (χ0) is 16.6. The third-order valence-corrected chi connectivity index (χ3v) is 2.23. The van der Waals surface area contributed by atoms with Crippen LogP contribution in [0.3, 0.4) is 0 Å². The lowest BCUT2D eigenvalue weighted by atomic mass is 10.0. The van der Waals surface area contributed by atoms with Crippen molar-refractivity contribution in [3.8, 4) is 6.07 Å². The second-order valence-electron chi connectivity index (χ2n) is 3.66. The van der Waals surface area contributed by atoms with Crippen LogP contribution in [0.25, 0.3) is 5.70 Å². The minimum Gasteiger partial charge on any atom is -0.398 e. The predicted molar refractivity (Wildman–Crippen MR) is 76.1 cm³/mol. The van der Waals surface area contributed by atoms with Crippen LogP contribution in [0.2, 0.25) is 0 Å². The van der Waals surface area contributed by atoms with Gasteiger partial charge in [-0.3, -0.25) is 0 Å². The Labute approximate surface area is 121 Å². The maximum atomic E-state index is 12.6. The van der Waals surface area contributed by atoms with E-state index in [-0.39, 0.29) is 17.1 Å². The number of nitrogens with two attached hydrogens (primary N) is 3. The monoisotopic (exact) mass is 298 g/mol. The second-order valence-corrected chi connectivity index (χ2v) is 3.66. The Balaban J connectivity index is 0.00000191. The lowest BCUT2D eigenvalue weighted by Crippen LogP contribution is -2.09. The number of rotatable bonds is 2. The third-order valence-electron chi connectivity index (χ3n) is 2.23. The number of hydrogen-bond acceptors (Lipinski definition) is 4. The van der Waals surface area contributed by atoms with Crippen LogP contribution in [0, 0.1) is 11.3 Å². The minimum absolute atomic E-state index is 0.00960. The Morgan fingerprint density at radius 1 is 1.14 bits per heavy atom. The number of allylic oxidation sites excluding steroid dienone is 2. The Bertz CT molecular complexity index is 577. The van der Waals surface area contributed by atoms with Gasteiger partial charge in [-0.05, 0) is 29.8 Å². The summed E-state index contributed by atoms with van der Waals surface area (Å²) in [6, 6.07) is 4.55. The number of nitrogens with zero attached hydrogens (tertiary/aromatic N) is 1. The fourth-order valence-electron chi connectivity index (χ4n) is 1.35. The van der Waals surface area contributed by atoms with E-state index in [0.29, 0.717) is 0 Å². The lowest BCUT2D eigenvalue weighted by Gasteiger charge is -2.10. The van der Waals surface area contributed by atoms with Crippen LogP contribution >= 0.6 is 0 Å². The van der Waals surface area contributed by atoms with Crippen molar-refractivity contribution >= 4 is 5.70 Å². The minimum atomic E-state index is -4.58. The van der Waals surface area contributed by atoms with E-state index in [2.05, 4.69) is 0 Å². The molecule has 114 valence electrons. The van der Waals surface area contributed by atoms with Crippen LogP contribution in [-0.2, 0) is 6.18 Å². The summed E-state index contributed by atoms with van der Waals surface area (Å²) < 4.78 is 37.7. The van der Waals surface area contributed by atoms with Gasteiger partial charge in [0.2, 0.25) is 0 Å². The predicted octanol–water partition coefficient (Wildman–Crippen LogP) is 2.66. The van der Waals surface area contributed by atoms with Crippen molar-refractivity contribution in [2.75, 3.05) is 0 Å². The normalized spacial score (nSPS) is 11.0. The number of benzene rings is 1. The van der Waals surface area contributed by atoms with Crippen molar-refractivity contribution in [3.05, 3.63) is 52.9 Å². The maximum absolute atomic E-state index is 12.6. The molecule has 6 N–H and O–H groups in total. The SMILES string of the molecule is CC.N#Cc1cc(/C(N)=C/C=C(N)N)ccc1C(F)(F)F. The van der Waals surface area contributed by atoms with Gasteiger partial charge in [0.15, 0.2) is 0 Å². The molecule has 0 atom stereocenters. The van der Waals surface area contributed by atoms with Gasteiger partial charge < -0.3 is 17.2 Å². The van der Waals surface area contributed by atoms with Crippen molar-refractivity contribution in [3.63, 3.8) is 0 Å². The number of hydrogen-bond donors (Lipinski definition) is 3. The van der Waals surface area contributed by atoms with E-state index in [1.807, 2.05) is 13.8 Å². The van der Waals surface area contributed by atoms with E-state index in [4.69, 9.17) is 22.5 Å². The average molecular weight is 298 g/mol. The first kappa shape index (κ1) is 18.4. The Hall–Kier alpha value is -2.62. The Morgan fingerprint density at radius 2 is 1.71 bits per heavy atom. The van der Waals surface area contributed by atoms with Gasteiger partial charge >= 0.3 is 6.18 Å². The fourth-order valence-corrected chi connectivity index (χ4v) is 1.35. The second kappa shape index (κ2) is 7.85. The van der Waals surface area contributed by atoms with Crippen LogP contribution in [0.4, 0.5) is 13.2 Å². The molecule has 0 aromatic heterocycles. The molecule has 0 aliphatic carbocycles. The first-order valence-corrected chi connectivity index (χ1v) is 6.06. The molecular formula is C14H17F3N4. The summed E-state index contributed by atoms with van der Waals surface area (Å²) in [6.07, 6.45) is -1.93. The van der Waals surface area contributed by atoms with Crippen LogP contribution in [0.5, 0.6) is 0 Å². The van der Waals surface area contributed by atoms with E-state index < -0.39 is 17.3 Å². The van der Waals surface area contributed by atoms with Gasteiger partial charge in [0.25, 0.3) is 0 Å². The molecule has 0 spiro atoms. The number of nitriles is 1. The van der Waals surface area contributed by atoms with Gasteiger partial charge in [0.05, 0.1) is 23.0 Å². The Kier molecular flexibility index (Phi) is 6.87. The molecule has 4 nitrogen and oxygen atoms in total.